The Labute approximate surface area is 154 Å². The molecule has 1 saturated heterocycles. The van der Waals surface area contributed by atoms with Gasteiger partial charge in [0.25, 0.3) is 0 Å². The number of piperidine rings is 1. The van der Waals surface area contributed by atoms with Crippen LogP contribution >= 0.6 is 0 Å². The van der Waals surface area contributed by atoms with E-state index in [0.717, 1.165) is 53.3 Å². The van der Waals surface area contributed by atoms with Crippen molar-refractivity contribution in [1.29, 1.82) is 0 Å². The highest BCUT2D eigenvalue weighted by Gasteiger charge is 2.22. The molecule has 0 saturated carbocycles. The van der Waals surface area contributed by atoms with Crippen LogP contribution in [-0.2, 0) is 17.8 Å². The molecule has 1 atom stereocenters. The number of hydrogen-bond donors (Lipinski definition) is 1. The van der Waals surface area contributed by atoms with Crippen LogP contribution < -0.4 is 5.32 Å². The van der Waals surface area contributed by atoms with Crippen LogP contribution in [0.4, 0.5) is 4.39 Å². The van der Waals surface area contributed by atoms with Crippen LogP contribution in [0.3, 0.4) is 0 Å². The van der Waals surface area contributed by atoms with Crippen molar-refractivity contribution >= 4 is 21.8 Å². The quantitative estimate of drug-likeness (QED) is 0.765. The first-order valence-electron chi connectivity index (χ1n) is 8.85. The summed E-state index contributed by atoms with van der Waals surface area (Å²) in [5.41, 5.74) is 2.89. The fraction of sp³-hybridized carbons (Fsp3) is 0.350. The molecule has 0 radical (unpaired) electrons. The molecule has 0 amide bonds. The summed E-state index contributed by atoms with van der Waals surface area (Å²) in [6.07, 6.45) is 3.57. The number of nitrogens with zero attached hydrogens (tertiary/aromatic N) is 2. The molecule has 0 aliphatic carbocycles. The van der Waals surface area contributed by atoms with E-state index in [4.69, 9.17) is 0 Å². The Bertz CT molecular complexity index is 975. The lowest BCUT2D eigenvalue weighted by atomic mass is 9.89. The largest absolute Gasteiger partial charge is 0.327 e. The molecule has 136 valence electrons. The van der Waals surface area contributed by atoms with E-state index in [2.05, 4.69) is 10.3 Å². The van der Waals surface area contributed by atoms with Gasteiger partial charge in [-0.15, -0.1) is 0 Å². The predicted octanol–water partition coefficient (Wildman–Crippen LogP) is 3.58. The van der Waals surface area contributed by atoms with Crippen molar-refractivity contribution in [3.63, 3.8) is 0 Å². The number of nitrogens with one attached hydrogen (secondary N) is 1. The van der Waals surface area contributed by atoms with Gasteiger partial charge in [0.1, 0.15) is 11.3 Å². The molecule has 6 heteroatoms. The SMILES string of the molecule is Cn1c(-c2ccc(S(C)=O)cc2)nc2c(F)c(C3CCNCC3)ccc21. The topological polar surface area (TPSA) is 46.9 Å². The molecule has 2 heterocycles. The first kappa shape index (κ1) is 17.4. The maximum absolute atomic E-state index is 15.2. The summed E-state index contributed by atoms with van der Waals surface area (Å²) < 4.78 is 28.7. The Hall–Kier alpha value is -2.05. The van der Waals surface area contributed by atoms with Crippen molar-refractivity contribution < 1.29 is 8.60 Å². The third kappa shape index (κ3) is 2.97. The average Bonchev–Trinajstić information content (AvgIpc) is 3.00. The molecule has 4 nitrogen and oxygen atoms in total. The van der Waals surface area contributed by atoms with Crippen molar-refractivity contribution in [2.75, 3.05) is 19.3 Å². The Kier molecular flexibility index (Phi) is 4.63. The average molecular weight is 371 g/mol. The highest BCUT2D eigenvalue weighted by Crippen LogP contribution is 2.33. The van der Waals surface area contributed by atoms with Crippen molar-refractivity contribution in [1.82, 2.24) is 14.9 Å². The molecule has 1 unspecified atom stereocenters. The zero-order chi connectivity index (χ0) is 18.3. The van der Waals surface area contributed by atoms with E-state index in [1.54, 1.807) is 6.26 Å². The zero-order valence-electron chi connectivity index (χ0n) is 15.0. The first-order valence-corrected chi connectivity index (χ1v) is 10.4. The number of fused-ring (bicyclic) bond motifs is 1. The molecule has 4 rings (SSSR count). The van der Waals surface area contributed by atoms with Crippen molar-refractivity contribution in [3.8, 4) is 11.4 Å². The Morgan fingerprint density at radius 2 is 1.85 bits per heavy atom. The third-order valence-electron chi connectivity index (χ3n) is 5.24. The highest BCUT2D eigenvalue weighted by atomic mass is 32.2. The molecule has 2 aromatic carbocycles. The molecule has 1 aliphatic heterocycles. The summed E-state index contributed by atoms with van der Waals surface area (Å²) >= 11 is 0. The number of halogens is 1. The van der Waals surface area contributed by atoms with Crippen LogP contribution in [0, 0.1) is 5.82 Å². The minimum atomic E-state index is -1.02. The summed E-state index contributed by atoms with van der Waals surface area (Å²) in [7, 11) is 0.887. The number of aryl methyl sites for hydroxylation is 1. The van der Waals surface area contributed by atoms with E-state index in [0.29, 0.717) is 5.52 Å². The molecular weight excluding hydrogens is 349 g/mol. The summed E-state index contributed by atoms with van der Waals surface area (Å²) in [6.45, 7) is 1.86. The van der Waals surface area contributed by atoms with Crippen molar-refractivity contribution in [2.24, 2.45) is 7.05 Å². The standard InChI is InChI=1S/C20H22FN3OS/c1-24-17-8-7-16(13-9-11-22-12-10-13)18(21)19(17)23-20(24)14-3-5-15(6-4-14)26(2)25/h3-8,13,22H,9-12H2,1-2H3. The number of imidazole rings is 1. The Morgan fingerprint density at radius 3 is 2.50 bits per heavy atom. The van der Waals surface area contributed by atoms with E-state index in [-0.39, 0.29) is 11.7 Å². The Balaban J connectivity index is 1.78. The maximum Gasteiger partial charge on any atom is 0.154 e. The zero-order valence-corrected chi connectivity index (χ0v) is 15.8. The van der Waals surface area contributed by atoms with Gasteiger partial charge in [0.05, 0.1) is 5.52 Å². The lowest BCUT2D eigenvalue weighted by Gasteiger charge is -2.23. The number of aromatic nitrogens is 2. The first-order chi connectivity index (χ1) is 12.6. The van der Waals surface area contributed by atoms with Crippen molar-refractivity contribution in [2.45, 2.75) is 23.7 Å². The molecule has 0 bridgehead atoms. The van der Waals surface area contributed by atoms with E-state index in [1.807, 2.05) is 48.0 Å². The molecule has 0 spiro atoms. The van der Waals surface area contributed by atoms with E-state index < -0.39 is 10.8 Å². The second kappa shape index (κ2) is 6.93. The number of benzene rings is 2. The molecule has 1 fully saturated rings. The van der Waals surface area contributed by atoms with Gasteiger partial charge >= 0.3 is 0 Å². The van der Waals surface area contributed by atoms with E-state index in [1.165, 1.54) is 0 Å². The molecule has 1 aliphatic rings. The van der Waals surface area contributed by atoms with E-state index >= 15 is 4.39 Å². The second-order valence-electron chi connectivity index (χ2n) is 6.83. The van der Waals surface area contributed by atoms with Gasteiger partial charge in [0, 0.05) is 34.6 Å². The van der Waals surface area contributed by atoms with Gasteiger partial charge in [-0.3, -0.25) is 4.21 Å². The van der Waals surface area contributed by atoms with Crippen LogP contribution in [0.5, 0.6) is 0 Å². The molecule has 3 aromatic rings. The molecule has 1 aromatic heterocycles. The lowest BCUT2D eigenvalue weighted by Crippen LogP contribution is -2.27. The molecule has 1 N–H and O–H groups in total. The van der Waals surface area contributed by atoms with Crippen LogP contribution in [0.2, 0.25) is 0 Å². The molecular formula is C20H22FN3OS. The highest BCUT2D eigenvalue weighted by molar-refractivity contribution is 7.84. The summed E-state index contributed by atoms with van der Waals surface area (Å²) in [5, 5.41) is 3.32. The minimum Gasteiger partial charge on any atom is -0.327 e. The van der Waals surface area contributed by atoms with Gasteiger partial charge in [0.15, 0.2) is 5.82 Å². The summed E-state index contributed by atoms with van der Waals surface area (Å²) in [6, 6.07) is 11.3. The van der Waals surface area contributed by atoms with Gasteiger partial charge in [-0.2, -0.15) is 0 Å². The summed E-state index contributed by atoms with van der Waals surface area (Å²) in [4.78, 5) is 5.38. The van der Waals surface area contributed by atoms with Crippen molar-refractivity contribution in [3.05, 3.63) is 47.8 Å². The monoisotopic (exact) mass is 371 g/mol. The lowest BCUT2D eigenvalue weighted by molar-refractivity contribution is 0.446. The molecule has 26 heavy (non-hydrogen) atoms. The van der Waals surface area contributed by atoms with Gasteiger partial charge < -0.3 is 9.88 Å². The van der Waals surface area contributed by atoms with E-state index in [9.17, 15) is 4.21 Å². The maximum atomic E-state index is 15.2. The number of rotatable bonds is 3. The summed E-state index contributed by atoms with van der Waals surface area (Å²) in [5.74, 6) is 0.780. The predicted molar refractivity (Wildman–Crippen MR) is 103 cm³/mol. The smallest absolute Gasteiger partial charge is 0.154 e. The Morgan fingerprint density at radius 1 is 1.15 bits per heavy atom. The van der Waals surface area contributed by atoms with Gasteiger partial charge in [-0.1, -0.05) is 18.2 Å². The van der Waals surface area contributed by atoms with Gasteiger partial charge in [0.2, 0.25) is 0 Å². The number of hydrogen-bond acceptors (Lipinski definition) is 3. The van der Waals surface area contributed by atoms with Crippen LogP contribution in [0.15, 0.2) is 41.3 Å². The fourth-order valence-electron chi connectivity index (χ4n) is 3.74. The van der Waals surface area contributed by atoms with Crippen LogP contribution in [-0.4, -0.2) is 33.1 Å². The third-order valence-corrected chi connectivity index (χ3v) is 6.18. The fourth-order valence-corrected chi connectivity index (χ4v) is 4.26. The van der Waals surface area contributed by atoms with Crippen LogP contribution in [0.25, 0.3) is 22.4 Å². The normalized spacial score (nSPS) is 16.9. The van der Waals surface area contributed by atoms with Gasteiger partial charge in [-0.25, -0.2) is 9.37 Å². The van der Waals surface area contributed by atoms with Gasteiger partial charge in [-0.05, 0) is 55.6 Å². The van der Waals surface area contributed by atoms with Crippen LogP contribution in [0.1, 0.15) is 24.3 Å². The minimum absolute atomic E-state index is 0.192. The second-order valence-corrected chi connectivity index (χ2v) is 8.21.